The SMILES string of the molecule is CC(=O)OC[C@H]1O[C@@H](OC(C)=O)[C@@H](O)[C@@H](OC(C)=O)[C@@H]1OC(C)=O. The molecule has 10 heteroatoms. The highest BCUT2D eigenvalue weighted by Gasteiger charge is 2.51. The summed E-state index contributed by atoms with van der Waals surface area (Å²) in [5.74, 6) is -2.87. The number of carbonyl (C=O) groups excluding carboxylic acids is 4. The van der Waals surface area contributed by atoms with Crippen LogP contribution in [0.2, 0.25) is 0 Å². The molecule has 0 amide bonds. The van der Waals surface area contributed by atoms with Gasteiger partial charge in [0.25, 0.3) is 0 Å². The molecule has 1 aliphatic rings. The molecule has 5 atom stereocenters. The van der Waals surface area contributed by atoms with Gasteiger partial charge in [-0.25, -0.2) is 0 Å². The van der Waals surface area contributed by atoms with Gasteiger partial charge in [0.15, 0.2) is 18.3 Å². The van der Waals surface area contributed by atoms with Crippen molar-refractivity contribution in [2.24, 2.45) is 0 Å². The fourth-order valence-electron chi connectivity index (χ4n) is 2.15. The number of ether oxygens (including phenoxy) is 5. The van der Waals surface area contributed by atoms with E-state index in [2.05, 4.69) is 0 Å². The van der Waals surface area contributed by atoms with Gasteiger partial charge in [-0.3, -0.25) is 19.2 Å². The van der Waals surface area contributed by atoms with Crippen LogP contribution in [0.3, 0.4) is 0 Å². The first-order valence-corrected chi connectivity index (χ1v) is 7.10. The lowest BCUT2D eigenvalue weighted by atomic mass is 9.98. The molecule has 1 heterocycles. The second-order valence-corrected chi connectivity index (χ2v) is 5.09. The van der Waals surface area contributed by atoms with E-state index in [0.717, 1.165) is 27.7 Å². The summed E-state index contributed by atoms with van der Waals surface area (Å²) < 4.78 is 25.0. The molecule has 1 rings (SSSR count). The smallest absolute Gasteiger partial charge is 0.305 e. The Hall–Kier alpha value is -2.20. The highest BCUT2D eigenvalue weighted by Crippen LogP contribution is 2.27. The van der Waals surface area contributed by atoms with Crippen LogP contribution in [0.4, 0.5) is 0 Å². The summed E-state index contributed by atoms with van der Waals surface area (Å²) in [5.41, 5.74) is 0. The summed E-state index contributed by atoms with van der Waals surface area (Å²) in [6.45, 7) is 4.09. The first-order chi connectivity index (χ1) is 11.1. The van der Waals surface area contributed by atoms with Crippen LogP contribution in [0.15, 0.2) is 0 Å². The number of carbonyl (C=O) groups is 4. The zero-order valence-electron chi connectivity index (χ0n) is 13.7. The highest BCUT2D eigenvalue weighted by molar-refractivity contribution is 5.68. The molecular formula is C14H20O10. The van der Waals surface area contributed by atoms with Gasteiger partial charge in [-0.2, -0.15) is 0 Å². The molecule has 0 aromatic heterocycles. The van der Waals surface area contributed by atoms with Gasteiger partial charge in [0.05, 0.1) is 0 Å². The van der Waals surface area contributed by atoms with Crippen molar-refractivity contribution in [1.29, 1.82) is 0 Å². The van der Waals surface area contributed by atoms with E-state index in [9.17, 15) is 24.3 Å². The maximum Gasteiger partial charge on any atom is 0.305 e. The molecule has 136 valence electrons. The van der Waals surface area contributed by atoms with Crippen molar-refractivity contribution >= 4 is 23.9 Å². The van der Waals surface area contributed by atoms with Crippen LogP contribution in [-0.4, -0.2) is 66.3 Å². The molecule has 0 spiro atoms. The number of hydrogen-bond donors (Lipinski definition) is 1. The van der Waals surface area contributed by atoms with Gasteiger partial charge in [-0.1, -0.05) is 0 Å². The topological polar surface area (TPSA) is 135 Å². The minimum absolute atomic E-state index is 0.366. The molecule has 1 saturated heterocycles. The van der Waals surface area contributed by atoms with E-state index in [1.165, 1.54) is 0 Å². The Labute approximate surface area is 137 Å². The molecule has 1 aliphatic heterocycles. The van der Waals surface area contributed by atoms with E-state index >= 15 is 0 Å². The number of hydrogen-bond acceptors (Lipinski definition) is 10. The van der Waals surface area contributed by atoms with Crippen LogP contribution in [0.5, 0.6) is 0 Å². The molecule has 0 saturated carbocycles. The fraction of sp³-hybridized carbons (Fsp3) is 0.714. The van der Waals surface area contributed by atoms with Crippen LogP contribution in [0, 0.1) is 0 Å². The number of aliphatic hydroxyl groups is 1. The Kier molecular flexibility index (Phi) is 7.11. The monoisotopic (exact) mass is 348 g/mol. The summed E-state index contributed by atoms with van der Waals surface area (Å²) in [4.78, 5) is 44.7. The van der Waals surface area contributed by atoms with Gasteiger partial charge in [0.1, 0.15) is 12.7 Å². The van der Waals surface area contributed by atoms with Crippen LogP contribution in [0.1, 0.15) is 27.7 Å². The lowest BCUT2D eigenvalue weighted by Crippen LogP contribution is -2.62. The average molecular weight is 348 g/mol. The molecule has 0 bridgehead atoms. The zero-order valence-corrected chi connectivity index (χ0v) is 13.7. The summed E-state index contributed by atoms with van der Waals surface area (Å²) >= 11 is 0. The second kappa shape index (κ2) is 8.60. The standard InChI is InChI=1S/C14H20O10/c1-6(15)20-5-10-12(21-7(2)16)13(22-8(3)17)11(19)14(24-10)23-9(4)18/h10-14,19H,5H2,1-4H3/t10-,11+,12-,13-,14-/m1/s1. The Bertz CT molecular complexity index is 486. The number of aliphatic hydroxyl groups excluding tert-OH is 1. The molecule has 0 aliphatic carbocycles. The van der Waals surface area contributed by atoms with Gasteiger partial charge in [0, 0.05) is 27.7 Å². The fourth-order valence-corrected chi connectivity index (χ4v) is 2.15. The van der Waals surface area contributed by atoms with Gasteiger partial charge in [-0.15, -0.1) is 0 Å². The maximum absolute atomic E-state index is 11.3. The first-order valence-electron chi connectivity index (χ1n) is 7.10. The molecule has 1 N–H and O–H groups in total. The Morgan fingerprint density at radius 1 is 0.833 bits per heavy atom. The van der Waals surface area contributed by atoms with E-state index in [4.69, 9.17) is 23.7 Å². The van der Waals surface area contributed by atoms with Crippen molar-refractivity contribution in [3.8, 4) is 0 Å². The largest absolute Gasteiger partial charge is 0.463 e. The van der Waals surface area contributed by atoms with E-state index < -0.39 is 54.6 Å². The first kappa shape index (κ1) is 19.8. The predicted octanol–water partition coefficient (Wildman–Crippen LogP) is -0.938. The summed E-state index contributed by atoms with van der Waals surface area (Å²) in [6.07, 6.45) is -6.83. The van der Waals surface area contributed by atoms with Gasteiger partial charge < -0.3 is 28.8 Å². The second-order valence-electron chi connectivity index (χ2n) is 5.09. The van der Waals surface area contributed by atoms with Crippen molar-refractivity contribution in [3.63, 3.8) is 0 Å². The Balaban J connectivity index is 3.08. The van der Waals surface area contributed by atoms with Gasteiger partial charge in [-0.05, 0) is 0 Å². The van der Waals surface area contributed by atoms with E-state index in [1.54, 1.807) is 0 Å². The van der Waals surface area contributed by atoms with E-state index in [1.807, 2.05) is 0 Å². The minimum Gasteiger partial charge on any atom is -0.463 e. The molecule has 1 fully saturated rings. The minimum atomic E-state index is -1.60. The van der Waals surface area contributed by atoms with Gasteiger partial charge in [0.2, 0.25) is 6.29 Å². The van der Waals surface area contributed by atoms with Crippen LogP contribution in [-0.2, 0) is 42.9 Å². The Morgan fingerprint density at radius 2 is 1.33 bits per heavy atom. The van der Waals surface area contributed by atoms with Crippen molar-refractivity contribution in [2.75, 3.05) is 6.61 Å². The third-order valence-electron chi connectivity index (χ3n) is 2.95. The van der Waals surface area contributed by atoms with E-state index in [0.29, 0.717) is 0 Å². The van der Waals surface area contributed by atoms with Crippen LogP contribution in [0.25, 0.3) is 0 Å². The van der Waals surface area contributed by atoms with Crippen LogP contribution >= 0.6 is 0 Å². The van der Waals surface area contributed by atoms with Crippen molar-refractivity contribution in [1.82, 2.24) is 0 Å². The molecule has 10 nitrogen and oxygen atoms in total. The average Bonchev–Trinajstić information content (AvgIpc) is 2.42. The Morgan fingerprint density at radius 3 is 1.79 bits per heavy atom. The number of esters is 4. The third-order valence-corrected chi connectivity index (χ3v) is 2.95. The zero-order chi connectivity index (χ0) is 18.4. The highest BCUT2D eigenvalue weighted by atomic mass is 16.7. The third kappa shape index (κ3) is 5.78. The lowest BCUT2D eigenvalue weighted by Gasteiger charge is -2.42. The quantitative estimate of drug-likeness (QED) is 0.490. The van der Waals surface area contributed by atoms with Crippen molar-refractivity contribution in [2.45, 2.75) is 58.4 Å². The summed E-state index contributed by atoms with van der Waals surface area (Å²) in [5, 5.41) is 10.2. The normalized spacial score (nSPS) is 29.3. The molecule has 0 aromatic rings. The maximum atomic E-state index is 11.3. The molecule has 24 heavy (non-hydrogen) atoms. The predicted molar refractivity (Wildman–Crippen MR) is 74.2 cm³/mol. The van der Waals surface area contributed by atoms with Crippen molar-refractivity contribution < 1.29 is 48.0 Å². The summed E-state index contributed by atoms with van der Waals surface area (Å²) in [6, 6.07) is 0. The molecular weight excluding hydrogens is 328 g/mol. The molecule has 0 radical (unpaired) electrons. The molecule has 0 aromatic carbocycles. The van der Waals surface area contributed by atoms with Crippen LogP contribution < -0.4 is 0 Å². The van der Waals surface area contributed by atoms with Crippen molar-refractivity contribution in [3.05, 3.63) is 0 Å². The summed E-state index contributed by atoms with van der Waals surface area (Å²) in [7, 11) is 0. The van der Waals surface area contributed by atoms with Gasteiger partial charge >= 0.3 is 23.9 Å². The lowest BCUT2D eigenvalue weighted by molar-refractivity contribution is -0.297. The number of rotatable bonds is 5. The molecule has 0 unspecified atom stereocenters. The van der Waals surface area contributed by atoms with E-state index in [-0.39, 0.29) is 6.61 Å².